The minimum Gasteiger partial charge on any atom is -0.506 e. The van der Waals surface area contributed by atoms with Gasteiger partial charge in [-0.1, -0.05) is 72.8 Å². The second kappa shape index (κ2) is 36.0. The first-order valence-corrected chi connectivity index (χ1v) is 38.4. The van der Waals surface area contributed by atoms with Crippen LogP contribution in [0.25, 0.3) is 0 Å². The fourth-order valence-corrected chi connectivity index (χ4v) is 16.7. The smallest absolute Gasteiger partial charge is 0.411 e. The van der Waals surface area contributed by atoms with Gasteiger partial charge in [-0.2, -0.15) is 79.0 Å². The molecule has 13 rings (SSSR count). The van der Waals surface area contributed by atoms with Crippen molar-refractivity contribution in [2.24, 2.45) is 47.3 Å². The molecule has 9 aromatic rings. The number of rotatable bonds is 22. The summed E-state index contributed by atoms with van der Waals surface area (Å²) in [5, 5.41) is 93.4. The number of alkyl halides is 18. The maximum atomic E-state index is 15.0. The third-order valence-corrected chi connectivity index (χ3v) is 22.9. The predicted molar refractivity (Wildman–Crippen MR) is 430 cm³/mol. The molecule has 130 heavy (non-hydrogen) atoms. The van der Waals surface area contributed by atoms with Crippen LogP contribution in [0.1, 0.15) is 102 Å². The van der Waals surface area contributed by atoms with Crippen molar-refractivity contribution in [3.8, 4) is 46.0 Å². The van der Waals surface area contributed by atoms with Gasteiger partial charge in [-0.15, -0.1) is 0 Å². The van der Waals surface area contributed by atoms with Gasteiger partial charge < -0.3 is 77.5 Å². The van der Waals surface area contributed by atoms with Crippen LogP contribution in [-0.2, 0) is 35.4 Å². The Kier molecular flexibility index (Phi) is 26.6. The molecule has 0 spiro atoms. The maximum absolute atomic E-state index is 15.0. The number of fused-ring (bicyclic) bond motifs is 4. The summed E-state index contributed by atoms with van der Waals surface area (Å²) in [6, 6.07) is 25.4. The number of carboxylic acid groups (broad SMARTS) is 2. The number of hydrogen-bond acceptors (Lipinski definition) is 17. The lowest BCUT2D eigenvalue weighted by molar-refractivity contribution is -0.290. The number of hydrogen-bond donors (Lipinski definition) is 14. The lowest BCUT2D eigenvalue weighted by Gasteiger charge is -2.38. The Bertz CT molecular complexity index is 5930. The van der Waals surface area contributed by atoms with Gasteiger partial charge in [0.2, 0.25) is 28.1 Å². The van der Waals surface area contributed by atoms with Gasteiger partial charge in [0.1, 0.15) is 46.0 Å². The summed E-state index contributed by atoms with van der Waals surface area (Å²) in [5.41, 5.74) is -25.8. The van der Waals surface area contributed by atoms with E-state index in [9.17, 15) is 158 Å². The molecule has 0 heterocycles. The standard InChI is InChI=1S/C33H26F6N2O7.C31H24F6N2O5.C25H22F6N2O5/c1-15(42)16-3-2-4-19(11-16)28(45)40-22-13-20(7-9-24(22)43)31(32(34,35)36,33(37,38)39)21-8-10-25(44)23(14-21)41-29(46)26-17-5-6-18(12-17)27(26)30(47)48;1-17(40)18-3-9-22(10-4-18)44-23-11-5-19(6-12-23)28(43)39-25-16-21(8-14-27(25)42)29(30(32,33)34,31(35,36)37)20-7-13-26(41)24(15-20)38-2;1-32-15-9-13(4-6-17(15)34)23(24(26,27)28,25(29,30)31)14-5-7-18(35)16(10-14)33-21(36)19-11-2-3-12(8-11)20(19)22(37)38/h2-11,13-14,17-18,26-27,43-44H,12H2,1H3,(H,40,45)(H,41,46)(H,47,48);3-16,38,41-42H,1-2H3,(H,39,43);2-7,9-12,19-20,32,34-35H,8H2,1H3,(H,33,36)(H,37,38). The molecule has 0 saturated heterocycles. The molecule has 2 saturated carbocycles. The number of anilines is 6. The summed E-state index contributed by atoms with van der Waals surface area (Å²) < 4.78 is 270. The molecule has 9 aromatic carbocycles. The average Bonchev–Trinajstić information content (AvgIpc) is 1.03. The van der Waals surface area contributed by atoms with E-state index in [0.29, 0.717) is 133 Å². The normalized spacial score (nSPS) is 18.3. The molecule has 4 aliphatic carbocycles. The molecular formula is C89H72F18N6O17. The largest absolute Gasteiger partial charge is 0.506 e. The van der Waals surface area contributed by atoms with Crippen LogP contribution >= 0.6 is 0 Å². The third-order valence-electron chi connectivity index (χ3n) is 22.9. The number of carbonyl (C=O) groups is 8. The number of ether oxygens (including phenoxy) is 1. The monoisotopic (exact) mass is 1840 g/mol. The number of halogens is 18. The SMILES string of the molecule is CC(=O)c1cccc(C(=O)Nc2cc(C(c3ccc(O)c(NC(=O)C4C5C=CC(C5)C4C(=O)O)c3)(C(F)(F)F)C(F)(F)F)ccc2O)c1.CNc1cc(C(c2ccc(O)c(NC(=O)C3C4C=CC(C4)C3C(=O)O)c2)(C(F)(F)F)C(F)(F)F)ccc1O.CNc1cc(C(c2ccc(O)c(NC(=O)c3ccc(Oc4ccc(C(C)=O)cc4)cc3)c2)(C(F)(F)F)C(F)(F)F)ccc1O. The molecule has 41 heteroatoms. The molecule has 686 valence electrons. The number of carbonyl (C=O) groups excluding carboxylic acids is 6. The molecule has 23 nitrogen and oxygen atoms in total. The Morgan fingerprint density at radius 2 is 0.546 bits per heavy atom. The van der Waals surface area contributed by atoms with E-state index in [1.807, 2.05) is 0 Å². The number of aromatic hydroxyl groups is 6. The minimum absolute atomic E-state index is 0.0517. The molecule has 0 aromatic heterocycles. The number of Topliss-reactive ketones (excluding diaryl/α,β-unsaturated/α-hetero) is 2. The van der Waals surface area contributed by atoms with Crippen LogP contribution in [0.2, 0.25) is 0 Å². The Labute approximate surface area is 722 Å². The second-order valence-electron chi connectivity index (χ2n) is 30.5. The zero-order valence-electron chi connectivity index (χ0n) is 67.2. The van der Waals surface area contributed by atoms with E-state index in [2.05, 4.69) is 31.9 Å². The zero-order valence-corrected chi connectivity index (χ0v) is 67.2. The summed E-state index contributed by atoms with van der Waals surface area (Å²) >= 11 is 0. The highest BCUT2D eigenvalue weighted by Crippen LogP contribution is 2.62. The summed E-state index contributed by atoms with van der Waals surface area (Å²) in [5.74, 6) is -17.5. The number of phenolic OH excluding ortho intramolecular Hbond substituents is 6. The van der Waals surface area contributed by atoms with Gasteiger partial charge in [-0.25, -0.2) is 0 Å². The molecule has 0 radical (unpaired) electrons. The van der Waals surface area contributed by atoms with E-state index >= 15 is 0 Å². The van der Waals surface area contributed by atoms with Gasteiger partial charge in [0.05, 0.1) is 57.8 Å². The highest BCUT2D eigenvalue weighted by atomic mass is 19.4. The van der Waals surface area contributed by atoms with Gasteiger partial charge in [-0.05, 0) is 217 Å². The van der Waals surface area contributed by atoms with E-state index in [1.54, 1.807) is 48.6 Å². The zero-order chi connectivity index (χ0) is 96.0. The van der Waals surface area contributed by atoms with Crippen molar-refractivity contribution < 1.29 is 163 Å². The Morgan fingerprint density at radius 3 is 0.815 bits per heavy atom. The quantitative estimate of drug-likeness (QED) is 0.0130. The molecule has 4 amide bonds. The van der Waals surface area contributed by atoms with Crippen LogP contribution in [0.15, 0.2) is 206 Å². The Balaban J connectivity index is 0.000000190. The highest BCUT2D eigenvalue weighted by Gasteiger charge is 2.75. The van der Waals surface area contributed by atoms with Crippen molar-refractivity contribution in [3.05, 3.63) is 262 Å². The molecular weight excluding hydrogens is 1770 g/mol. The predicted octanol–water partition coefficient (Wildman–Crippen LogP) is 19.2. The number of phenols is 6. The van der Waals surface area contributed by atoms with Crippen LogP contribution in [0, 0.1) is 47.3 Å². The first-order valence-electron chi connectivity index (χ1n) is 38.4. The van der Waals surface area contributed by atoms with E-state index in [0.717, 1.165) is 6.07 Å². The molecule has 0 aliphatic heterocycles. The van der Waals surface area contributed by atoms with Crippen LogP contribution in [0.5, 0.6) is 46.0 Å². The lowest BCUT2D eigenvalue weighted by atomic mass is 9.72. The fourth-order valence-electron chi connectivity index (χ4n) is 16.7. The average molecular weight is 1840 g/mol. The molecule has 4 bridgehead atoms. The second-order valence-corrected chi connectivity index (χ2v) is 30.5. The molecule has 14 N–H and O–H groups in total. The Morgan fingerprint density at radius 1 is 0.300 bits per heavy atom. The molecule has 8 atom stereocenters. The number of benzene rings is 9. The molecule has 8 unspecified atom stereocenters. The van der Waals surface area contributed by atoms with Crippen molar-refractivity contribution in [2.45, 2.75) is 80.0 Å². The van der Waals surface area contributed by atoms with Gasteiger partial charge in [0.15, 0.2) is 11.6 Å². The highest BCUT2D eigenvalue weighted by molar-refractivity contribution is 6.07. The van der Waals surface area contributed by atoms with E-state index < -0.39 is 238 Å². The number of nitrogens with one attached hydrogen (secondary N) is 6. The summed E-state index contributed by atoms with van der Waals surface area (Å²) in [7, 11) is 2.41. The van der Waals surface area contributed by atoms with Gasteiger partial charge >= 0.3 is 49.0 Å². The van der Waals surface area contributed by atoms with Gasteiger partial charge in [-0.3, -0.25) is 38.4 Å². The van der Waals surface area contributed by atoms with Crippen molar-refractivity contribution in [1.82, 2.24) is 0 Å². The van der Waals surface area contributed by atoms with Crippen molar-refractivity contribution in [3.63, 3.8) is 0 Å². The number of allylic oxidation sites excluding steroid dienone is 4. The molecule has 4 aliphatic rings. The molecule has 2 fully saturated rings. The Hall–Kier alpha value is -14.4. The fraction of sp³-hybridized carbons (Fsp3) is 0.258. The lowest BCUT2D eigenvalue weighted by Crippen LogP contribution is -2.54. The first-order chi connectivity index (χ1) is 60.6. The summed E-state index contributed by atoms with van der Waals surface area (Å²) in [6.45, 7) is 2.62. The van der Waals surface area contributed by atoms with Gasteiger partial charge in [0, 0.05) is 36.3 Å². The van der Waals surface area contributed by atoms with Crippen molar-refractivity contribution in [2.75, 3.05) is 46.0 Å². The number of aliphatic carboxylic acids is 2. The first kappa shape index (κ1) is 96.2. The minimum atomic E-state index is -6.14. The van der Waals surface area contributed by atoms with E-state index in [4.69, 9.17) is 4.74 Å². The van der Waals surface area contributed by atoms with E-state index in [1.165, 1.54) is 70.4 Å². The van der Waals surface area contributed by atoms with Crippen LogP contribution in [0.3, 0.4) is 0 Å². The van der Waals surface area contributed by atoms with Gasteiger partial charge in [0.25, 0.3) is 11.8 Å². The van der Waals surface area contributed by atoms with Crippen LogP contribution < -0.4 is 36.6 Å². The third kappa shape index (κ3) is 18.1. The summed E-state index contributed by atoms with van der Waals surface area (Å²) in [6.07, 6.45) is -28.9. The maximum Gasteiger partial charge on any atom is 0.411 e. The van der Waals surface area contributed by atoms with E-state index in [-0.39, 0.29) is 33.9 Å². The summed E-state index contributed by atoms with van der Waals surface area (Å²) in [4.78, 5) is 98.7. The van der Waals surface area contributed by atoms with Crippen LogP contribution in [-0.4, -0.2) is 139 Å². The number of amides is 4. The topological polar surface area (TPSA) is 380 Å². The van der Waals surface area contributed by atoms with Crippen LogP contribution in [0.4, 0.5) is 113 Å². The van der Waals surface area contributed by atoms with Crippen molar-refractivity contribution in [1.29, 1.82) is 0 Å². The number of ketones is 2. The number of carboxylic acids is 2. The van der Waals surface area contributed by atoms with Crippen molar-refractivity contribution >= 4 is 81.3 Å².